The minimum Gasteiger partial charge on any atom is -0.298 e. The number of hydrogen-bond acceptors (Lipinski definition) is 2. The predicted molar refractivity (Wildman–Crippen MR) is 53.4 cm³/mol. The van der Waals surface area contributed by atoms with Gasteiger partial charge in [-0.1, -0.05) is 26.0 Å². The molecule has 1 atom stereocenters. The van der Waals surface area contributed by atoms with Gasteiger partial charge in [-0.25, -0.2) is 0 Å². The summed E-state index contributed by atoms with van der Waals surface area (Å²) in [7, 11) is -0.961. The minimum atomic E-state index is -0.961. The lowest BCUT2D eigenvalue weighted by Crippen LogP contribution is -2.05. The Morgan fingerprint density at radius 1 is 1.23 bits per heavy atom. The topological polar surface area (TPSA) is 34.1 Å². The van der Waals surface area contributed by atoms with E-state index in [1.165, 1.54) is 0 Å². The fourth-order valence-electron chi connectivity index (χ4n) is 0.953. The van der Waals surface area contributed by atoms with Crippen LogP contribution >= 0.6 is 0 Å². The molecule has 70 valence electrons. The normalized spacial score (nSPS) is 12.8. The van der Waals surface area contributed by atoms with Crippen LogP contribution in [0.25, 0.3) is 0 Å². The van der Waals surface area contributed by atoms with Gasteiger partial charge in [-0.15, -0.1) is 0 Å². The molecule has 2 nitrogen and oxygen atoms in total. The van der Waals surface area contributed by atoms with Gasteiger partial charge in [0.15, 0.2) is 0 Å². The van der Waals surface area contributed by atoms with E-state index in [2.05, 4.69) is 0 Å². The molecule has 0 fully saturated rings. The molecule has 0 spiro atoms. The summed E-state index contributed by atoms with van der Waals surface area (Å²) in [5.41, 5.74) is 0.615. The SMILES string of the molecule is CC(C)S(=O)c1ccc(C=O)cc1. The molecule has 0 N–H and O–H groups in total. The first-order valence-electron chi connectivity index (χ1n) is 4.11. The van der Waals surface area contributed by atoms with Gasteiger partial charge in [-0.2, -0.15) is 0 Å². The van der Waals surface area contributed by atoms with Crippen LogP contribution in [0.5, 0.6) is 0 Å². The predicted octanol–water partition coefficient (Wildman–Crippen LogP) is 2.02. The molecule has 0 bridgehead atoms. The van der Waals surface area contributed by atoms with E-state index in [0.29, 0.717) is 5.56 Å². The second-order valence-corrected chi connectivity index (χ2v) is 5.04. The highest BCUT2D eigenvalue weighted by Gasteiger charge is 2.07. The zero-order chi connectivity index (χ0) is 9.84. The number of carbonyl (C=O) groups is 1. The van der Waals surface area contributed by atoms with Gasteiger partial charge in [-0.05, 0) is 12.1 Å². The van der Waals surface area contributed by atoms with Gasteiger partial charge >= 0.3 is 0 Å². The van der Waals surface area contributed by atoms with Crippen molar-refractivity contribution in [3.05, 3.63) is 29.8 Å². The highest BCUT2D eigenvalue weighted by Crippen LogP contribution is 2.11. The van der Waals surface area contributed by atoms with Crippen molar-refractivity contribution in [2.24, 2.45) is 0 Å². The van der Waals surface area contributed by atoms with Gasteiger partial charge in [0.05, 0.1) is 10.8 Å². The van der Waals surface area contributed by atoms with E-state index in [9.17, 15) is 9.00 Å². The Morgan fingerprint density at radius 2 is 1.77 bits per heavy atom. The second-order valence-electron chi connectivity index (χ2n) is 3.03. The van der Waals surface area contributed by atoms with Crippen molar-refractivity contribution < 1.29 is 9.00 Å². The van der Waals surface area contributed by atoms with Crippen molar-refractivity contribution in [3.63, 3.8) is 0 Å². The summed E-state index contributed by atoms with van der Waals surface area (Å²) in [5, 5.41) is 0.113. The van der Waals surface area contributed by atoms with Gasteiger partial charge in [0.1, 0.15) is 6.29 Å². The minimum absolute atomic E-state index is 0.113. The smallest absolute Gasteiger partial charge is 0.150 e. The first-order chi connectivity index (χ1) is 6.15. The van der Waals surface area contributed by atoms with Crippen molar-refractivity contribution in [2.75, 3.05) is 0 Å². The molecule has 1 aromatic carbocycles. The molecule has 1 rings (SSSR count). The molecule has 0 aliphatic heterocycles. The Bertz CT molecular complexity index is 314. The standard InChI is InChI=1S/C10H12O2S/c1-8(2)13(12)10-5-3-9(7-11)4-6-10/h3-8H,1-2H3. The molecule has 0 aliphatic rings. The van der Waals surface area contributed by atoms with Crippen molar-refractivity contribution >= 4 is 17.1 Å². The van der Waals surface area contributed by atoms with Crippen LogP contribution in [0, 0.1) is 0 Å². The Hall–Kier alpha value is -0.960. The number of benzene rings is 1. The van der Waals surface area contributed by atoms with E-state index in [1.807, 2.05) is 13.8 Å². The fourth-order valence-corrected chi connectivity index (χ4v) is 1.90. The van der Waals surface area contributed by atoms with Crippen molar-refractivity contribution in [1.29, 1.82) is 0 Å². The highest BCUT2D eigenvalue weighted by atomic mass is 32.2. The van der Waals surface area contributed by atoms with Crippen LogP contribution in [0.2, 0.25) is 0 Å². The first kappa shape index (κ1) is 10.1. The van der Waals surface area contributed by atoms with E-state index in [0.717, 1.165) is 11.2 Å². The van der Waals surface area contributed by atoms with Crippen molar-refractivity contribution in [1.82, 2.24) is 0 Å². The number of aldehydes is 1. The van der Waals surface area contributed by atoms with E-state index in [4.69, 9.17) is 0 Å². The molecule has 0 amide bonds. The molecule has 0 aliphatic carbocycles. The van der Waals surface area contributed by atoms with Gasteiger partial charge in [0.25, 0.3) is 0 Å². The van der Waals surface area contributed by atoms with Crippen LogP contribution in [0.15, 0.2) is 29.2 Å². The number of rotatable bonds is 3. The highest BCUT2D eigenvalue weighted by molar-refractivity contribution is 7.85. The van der Waals surface area contributed by atoms with Crippen LogP contribution in [-0.4, -0.2) is 15.7 Å². The summed E-state index contributed by atoms with van der Waals surface area (Å²) in [6.45, 7) is 3.81. The Balaban J connectivity index is 2.92. The lowest BCUT2D eigenvalue weighted by atomic mass is 10.2. The molecule has 1 unspecified atom stereocenters. The number of carbonyl (C=O) groups excluding carboxylic acids is 1. The second kappa shape index (κ2) is 4.33. The van der Waals surface area contributed by atoms with E-state index in [1.54, 1.807) is 24.3 Å². The lowest BCUT2D eigenvalue weighted by molar-refractivity contribution is 0.112. The zero-order valence-corrected chi connectivity index (χ0v) is 8.51. The lowest BCUT2D eigenvalue weighted by Gasteiger charge is -2.04. The summed E-state index contributed by atoms with van der Waals surface area (Å²) in [6.07, 6.45) is 0.780. The summed E-state index contributed by atoms with van der Waals surface area (Å²) in [5.74, 6) is 0. The summed E-state index contributed by atoms with van der Waals surface area (Å²) < 4.78 is 11.6. The first-order valence-corrected chi connectivity index (χ1v) is 5.32. The van der Waals surface area contributed by atoms with E-state index in [-0.39, 0.29) is 5.25 Å². The summed E-state index contributed by atoms with van der Waals surface area (Å²) >= 11 is 0. The third-order valence-corrected chi connectivity index (χ3v) is 3.27. The molecule has 3 heteroatoms. The van der Waals surface area contributed by atoms with Gasteiger partial charge < -0.3 is 0 Å². The maximum absolute atomic E-state index is 11.6. The van der Waals surface area contributed by atoms with Gasteiger partial charge in [0, 0.05) is 15.7 Å². The zero-order valence-electron chi connectivity index (χ0n) is 7.69. The largest absolute Gasteiger partial charge is 0.298 e. The van der Waals surface area contributed by atoms with Crippen LogP contribution in [0.3, 0.4) is 0 Å². The van der Waals surface area contributed by atoms with Crippen LogP contribution in [0.4, 0.5) is 0 Å². The van der Waals surface area contributed by atoms with Crippen molar-refractivity contribution in [3.8, 4) is 0 Å². The Kier molecular flexibility index (Phi) is 3.37. The van der Waals surface area contributed by atoms with E-state index >= 15 is 0 Å². The average Bonchev–Trinajstić information content (AvgIpc) is 2.17. The van der Waals surface area contributed by atoms with Crippen LogP contribution in [0.1, 0.15) is 24.2 Å². The third kappa shape index (κ3) is 2.49. The Labute approximate surface area is 80.4 Å². The van der Waals surface area contributed by atoms with Crippen molar-refractivity contribution in [2.45, 2.75) is 24.0 Å². The van der Waals surface area contributed by atoms with Crippen LogP contribution in [-0.2, 0) is 10.8 Å². The van der Waals surface area contributed by atoms with E-state index < -0.39 is 10.8 Å². The molecule has 0 heterocycles. The number of hydrogen-bond donors (Lipinski definition) is 0. The molecule has 1 aromatic rings. The average molecular weight is 196 g/mol. The fraction of sp³-hybridized carbons (Fsp3) is 0.300. The quantitative estimate of drug-likeness (QED) is 0.693. The van der Waals surface area contributed by atoms with Gasteiger partial charge in [-0.3, -0.25) is 9.00 Å². The molecular weight excluding hydrogens is 184 g/mol. The summed E-state index contributed by atoms with van der Waals surface area (Å²) in [6, 6.07) is 6.84. The molecule has 0 saturated heterocycles. The molecule has 0 radical (unpaired) electrons. The maximum atomic E-state index is 11.6. The maximum Gasteiger partial charge on any atom is 0.150 e. The molecule has 13 heavy (non-hydrogen) atoms. The van der Waals surface area contributed by atoms with Gasteiger partial charge in [0.2, 0.25) is 0 Å². The van der Waals surface area contributed by atoms with Crippen LogP contribution < -0.4 is 0 Å². The molecule has 0 aromatic heterocycles. The molecular formula is C10H12O2S. The summed E-state index contributed by atoms with van der Waals surface area (Å²) in [4.78, 5) is 11.1. The monoisotopic (exact) mass is 196 g/mol. The Morgan fingerprint density at radius 3 is 2.15 bits per heavy atom. The molecule has 0 saturated carbocycles. The third-order valence-electron chi connectivity index (χ3n) is 1.68.